The molecule has 4 heterocycles. The Labute approximate surface area is 268 Å². The van der Waals surface area contributed by atoms with Crippen molar-refractivity contribution in [3.05, 3.63) is 136 Å². The average Bonchev–Trinajstić information content (AvgIpc) is 3.84. The number of nitrogens with zero attached hydrogens (tertiary/aromatic N) is 2. The second-order valence-corrected chi connectivity index (χ2v) is 13.5. The lowest BCUT2D eigenvalue weighted by molar-refractivity contribution is -0.103. The highest BCUT2D eigenvalue weighted by atomic mass is 32.1. The number of carbonyl (C=O) groups excluding carboxylic acids is 1. The largest absolute Gasteiger partial charge is 0.456 e. The summed E-state index contributed by atoms with van der Waals surface area (Å²) in [4.78, 5) is 15.8. The van der Waals surface area contributed by atoms with Crippen LogP contribution in [0.15, 0.2) is 119 Å². The fourth-order valence-corrected chi connectivity index (χ4v) is 9.07. The SMILES string of the molecule is O=C/C=c1\c2n(c3ccc(N(c4ccc5c(c4)oc4ccccc45)C4C=Cc5sc6ccccc6c5C4)cc13)C1CC=CC=C1C=2. The standard InChI is InChI=1S/C41H28N2O2S/c44-20-19-29-33-22-26(14-17-36(33)43-35-10-4-1-7-25(35)21-37(29)43)42(27-15-18-41-34(23-27)32-9-3-6-12-40(32)46-41)28-13-16-31-30-8-2-5-11-38(30)45-39(31)24-28/h1-9,11-22,24,27,35H,10,23H2/b29-19-. The van der Waals surface area contributed by atoms with Crippen molar-refractivity contribution >= 4 is 90.2 Å². The molecule has 0 bridgehead atoms. The third-order valence-corrected chi connectivity index (χ3v) is 11.1. The molecule has 3 aromatic heterocycles. The molecule has 0 amide bonds. The third kappa shape index (κ3) is 3.69. The van der Waals surface area contributed by atoms with E-state index in [2.05, 4.69) is 119 Å². The normalized spacial score (nSPS) is 18.6. The van der Waals surface area contributed by atoms with Gasteiger partial charge in [-0.15, -0.1) is 11.3 Å². The molecule has 1 aliphatic heterocycles. The zero-order chi connectivity index (χ0) is 30.4. The van der Waals surface area contributed by atoms with Gasteiger partial charge in [0.15, 0.2) is 0 Å². The van der Waals surface area contributed by atoms with E-state index in [1.807, 2.05) is 23.5 Å². The van der Waals surface area contributed by atoms with Crippen molar-refractivity contribution in [2.75, 3.05) is 4.90 Å². The molecule has 4 nitrogen and oxygen atoms in total. The van der Waals surface area contributed by atoms with Gasteiger partial charge < -0.3 is 13.9 Å². The highest BCUT2D eigenvalue weighted by Gasteiger charge is 2.29. The Hall–Kier alpha value is -5.39. The van der Waals surface area contributed by atoms with Gasteiger partial charge in [0.25, 0.3) is 0 Å². The molecule has 46 heavy (non-hydrogen) atoms. The van der Waals surface area contributed by atoms with Gasteiger partial charge >= 0.3 is 0 Å². The van der Waals surface area contributed by atoms with Crippen molar-refractivity contribution in [2.24, 2.45) is 0 Å². The number of benzene rings is 4. The van der Waals surface area contributed by atoms with Gasteiger partial charge in [-0.3, -0.25) is 4.79 Å². The zero-order valence-corrected chi connectivity index (χ0v) is 25.7. The predicted molar refractivity (Wildman–Crippen MR) is 191 cm³/mol. The van der Waals surface area contributed by atoms with Gasteiger partial charge in [-0.05, 0) is 90.1 Å². The number of furan rings is 1. The van der Waals surface area contributed by atoms with Gasteiger partial charge in [0, 0.05) is 53.9 Å². The molecule has 0 saturated heterocycles. The van der Waals surface area contributed by atoms with E-state index in [1.165, 1.54) is 26.1 Å². The van der Waals surface area contributed by atoms with Crippen LogP contribution in [0.4, 0.5) is 11.4 Å². The number of aldehydes is 1. The molecular weight excluding hydrogens is 585 g/mol. The Balaban J connectivity index is 1.18. The van der Waals surface area contributed by atoms with E-state index in [4.69, 9.17) is 4.42 Å². The molecular formula is C41H28N2O2S. The Kier molecular flexibility index (Phi) is 5.52. The summed E-state index contributed by atoms with van der Waals surface area (Å²) in [7, 11) is 0. The van der Waals surface area contributed by atoms with Crippen LogP contribution < -0.4 is 15.5 Å². The number of thiophene rings is 1. The Bertz CT molecular complexity index is 2640. The number of para-hydroxylation sites is 1. The lowest BCUT2D eigenvalue weighted by Crippen LogP contribution is -2.32. The topological polar surface area (TPSA) is 38.4 Å². The molecule has 220 valence electrons. The van der Waals surface area contributed by atoms with Gasteiger partial charge in [0.2, 0.25) is 0 Å². The monoisotopic (exact) mass is 612 g/mol. The molecule has 0 saturated carbocycles. The molecule has 10 rings (SSSR count). The Morgan fingerprint density at radius 1 is 0.870 bits per heavy atom. The first-order chi connectivity index (χ1) is 22.7. The predicted octanol–water partition coefficient (Wildman–Crippen LogP) is 8.73. The van der Waals surface area contributed by atoms with E-state index >= 15 is 0 Å². The lowest BCUT2D eigenvalue weighted by Gasteiger charge is -2.34. The van der Waals surface area contributed by atoms with E-state index in [-0.39, 0.29) is 12.1 Å². The number of carbonyl (C=O) groups is 1. The number of hydrogen-bond acceptors (Lipinski definition) is 4. The number of aromatic nitrogens is 1. The Morgan fingerprint density at radius 2 is 1.70 bits per heavy atom. The molecule has 0 radical (unpaired) electrons. The van der Waals surface area contributed by atoms with Gasteiger partial charge in [0.1, 0.15) is 17.5 Å². The van der Waals surface area contributed by atoms with E-state index in [0.717, 1.165) is 73.9 Å². The average molecular weight is 613 g/mol. The summed E-state index contributed by atoms with van der Waals surface area (Å²) in [5, 5.41) is 6.78. The molecule has 5 heteroatoms. The first-order valence-corrected chi connectivity index (χ1v) is 16.6. The summed E-state index contributed by atoms with van der Waals surface area (Å²) in [5.74, 6) is 0. The van der Waals surface area contributed by atoms with Crippen molar-refractivity contribution in [3.63, 3.8) is 0 Å². The molecule has 0 spiro atoms. The van der Waals surface area contributed by atoms with E-state index < -0.39 is 0 Å². The zero-order valence-electron chi connectivity index (χ0n) is 24.9. The van der Waals surface area contributed by atoms with Gasteiger partial charge in [-0.1, -0.05) is 60.7 Å². The minimum atomic E-state index is 0.0855. The fraction of sp³-hybridized carbons (Fsp3) is 0.0976. The summed E-state index contributed by atoms with van der Waals surface area (Å²) in [6.45, 7) is 0. The van der Waals surface area contributed by atoms with E-state index in [1.54, 1.807) is 6.08 Å². The van der Waals surface area contributed by atoms with Crippen LogP contribution in [0.3, 0.4) is 0 Å². The maximum atomic E-state index is 12.0. The molecule has 2 atom stereocenters. The van der Waals surface area contributed by atoms with Crippen molar-refractivity contribution in [1.82, 2.24) is 4.57 Å². The van der Waals surface area contributed by atoms with Crippen LogP contribution >= 0.6 is 11.3 Å². The van der Waals surface area contributed by atoms with Crippen LogP contribution in [0.2, 0.25) is 0 Å². The maximum Gasteiger partial charge on any atom is 0.143 e. The molecule has 4 aromatic carbocycles. The van der Waals surface area contributed by atoms with Gasteiger partial charge in [-0.25, -0.2) is 0 Å². The minimum Gasteiger partial charge on any atom is -0.456 e. The smallest absolute Gasteiger partial charge is 0.143 e. The van der Waals surface area contributed by atoms with Crippen LogP contribution in [-0.4, -0.2) is 16.9 Å². The maximum absolute atomic E-state index is 12.0. The summed E-state index contributed by atoms with van der Waals surface area (Å²) in [5.41, 5.74) is 7.80. The third-order valence-electron chi connectivity index (χ3n) is 9.95. The first-order valence-electron chi connectivity index (χ1n) is 15.8. The summed E-state index contributed by atoms with van der Waals surface area (Å²) >= 11 is 1.87. The van der Waals surface area contributed by atoms with Gasteiger partial charge in [0.05, 0.1) is 17.4 Å². The fourth-order valence-electron chi connectivity index (χ4n) is 7.93. The molecule has 2 aliphatic carbocycles. The molecule has 0 N–H and O–H groups in total. The number of fused-ring (bicyclic) bond motifs is 11. The van der Waals surface area contributed by atoms with Crippen LogP contribution in [0.1, 0.15) is 22.9 Å². The summed E-state index contributed by atoms with van der Waals surface area (Å²) < 4.78 is 10.1. The number of allylic oxidation sites excluding steroid dienone is 4. The molecule has 0 fully saturated rings. The van der Waals surface area contributed by atoms with E-state index in [9.17, 15) is 4.79 Å². The highest BCUT2D eigenvalue weighted by Crippen LogP contribution is 2.42. The summed E-state index contributed by atoms with van der Waals surface area (Å²) in [6, 6.07) is 30.7. The van der Waals surface area contributed by atoms with Crippen LogP contribution in [0.5, 0.6) is 0 Å². The van der Waals surface area contributed by atoms with Crippen molar-refractivity contribution in [3.8, 4) is 0 Å². The van der Waals surface area contributed by atoms with Crippen LogP contribution in [-0.2, 0) is 11.2 Å². The number of anilines is 2. The Morgan fingerprint density at radius 3 is 2.63 bits per heavy atom. The highest BCUT2D eigenvalue weighted by molar-refractivity contribution is 7.20. The van der Waals surface area contributed by atoms with Crippen molar-refractivity contribution in [1.29, 1.82) is 0 Å². The van der Waals surface area contributed by atoms with Crippen molar-refractivity contribution < 1.29 is 9.21 Å². The molecule has 2 unspecified atom stereocenters. The van der Waals surface area contributed by atoms with Crippen LogP contribution in [0, 0.1) is 0 Å². The quantitative estimate of drug-likeness (QED) is 0.187. The summed E-state index contributed by atoms with van der Waals surface area (Å²) in [6.07, 6.45) is 18.0. The second-order valence-electron chi connectivity index (χ2n) is 12.4. The minimum absolute atomic E-state index is 0.0855. The van der Waals surface area contributed by atoms with Gasteiger partial charge in [-0.2, -0.15) is 0 Å². The number of rotatable bonds is 4. The van der Waals surface area contributed by atoms with E-state index in [0.29, 0.717) is 0 Å². The second kappa shape index (κ2) is 9.80. The first kappa shape index (κ1) is 25.9. The van der Waals surface area contributed by atoms with Crippen molar-refractivity contribution in [2.45, 2.75) is 24.9 Å². The van der Waals surface area contributed by atoms with Crippen LogP contribution in [0.25, 0.3) is 61.2 Å². The lowest BCUT2D eigenvalue weighted by atomic mass is 9.95. The number of hydrogen-bond donors (Lipinski definition) is 0. The molecule has 3 aliphatic rings. The molecule has 7 aromatic rings.